The molecule has 0 aromatic carbocycles. The molecule has 0 fully saturated rings. The highest BCUT2D eigenvalue weighted by Crippen LogP contribution is 2.36. The number of nitrogens with two attached hydrogens (primary N) is 1. The van der Waals surface area contributed by atoms with Crippen molar-refractivity contribution in [2.75, 3.05) is 6.61 Å². The maximum absolute atomic E-state index is 6.25. The van der Waals surface area contributed by atoms with Gasteiger partial charge in [-0.15, -0.1) is 11.3 Å². The number of fused-ring (bicyclic) bond motifs is 1. The second-order valence-corrected chi connectivity index (χ2v) is 5.84. The average Bonchev–Trinajstić information content (AvgIpc) is 2.73. The molecule has 3 heteroatoms. The van der Waals surface area contributed by atoms with E-state index in [1.165, 1.54) is 29.7 Å². The molecule has 0 spiro atoms. The molecule has 2 N–H and O–H groups in total. The molecule has 2 unspecified atom stereocenters. The van der Waals surface area contributed by atoms with Gasteiger partial charge < -0.3 is 10.5 Å². The molecule has 90 valence electrons. The number of aryl methyl sites for hydroxylation is 1. The number of hydrogen-bond acceptors (Lipinski definition) is 3. The van der Waals surface area contributed by atoms with Crippen molar-refractivity contribution in [1.29, 1.82) is 0 Å². The summed E-state index contributed by atoms with van der Waals surface area (Å²) in [6.07, 6.45) is 4.00. The summed E-state index contributed by atoms with van der Waals surface area (Å²) >= 11 is 1.87. The van der Waals surface area contributed by atoms with E-state index in [0.717, 1.165) is 0 Å². The topological polar surface area (TPSA) is 35.2 Å². The van der Waals surface area contributed by atoms with Gasteiger partial charge in [0.1, 0.15) is 0 Å². The van der Waals surface area contributed by atoms with E-state index >= 15 is 0 Å². The first-order valence-corrected chi connectivity index (χ1v) is 7.00. The van der Waals surface area contributed by atoms with E-state index in [9.17, 15) is 0 Å². The zero-order valence-electron chi connectivity index (χ0n) is 10.1. The quantitative estimate of drug-likeness (QED) is 0.877. The van der Waals surface area contributed by atoms with Crippen LogP contribution in [0.3, 0.4) is 0 Å². The van der Waals surface area contributed by atoms with Crippen molar-refractivity contribution in [3.63, 3.8) is 0 Å². The van der Waals surface area contributed by atoms with E-state index in [2.05, 4.69) is 25.3 Å². The molecule has 1 aromatic rings. The van der Waals surface area contributed by atoms with E-state index in [4.69, 9.17) is 10.5 Å². The Morgan fingerprint density at radius 1 is 1.56 bits per heavy atom. The van der Waals surface area contributed by atoms with Crippen LogP contribution >= 0.6 is 11.3 Å². The smallest absolute Gasteiger partial charge is 0.0626 e. The third kappa shape index (κ3) is 2.65. The van der Waals surface area contributed by atoms with E-state index in [1.54, 1.807) is 0 Å². The van der Waals surface area contributed by atoms with Gasteiger partial charge in [0.05, 0.1) is 12.7 Å². The molecule has 2 rings (SSSR count). The monoisotopic (exact) mass is 239 g/mol. The highest BCUT2D eigenvalue weighted by molar-refractivity contribution is 7.10. The van der Waals surface area contributed by atoms with Gasteiger partial charge in [-0.05, 0) is 50.1 Å². The number of ether oxygens (including phenoxy) is 1. The molecule has 0 saturated heterocycles. The van der Waals surface area contributed by atoms with Crippen LogP contribution in [0.15, 0.2) is 11.4 Å². The Morgan fingerprint density at radius 2 is 2.38 bits per heavy atom. The van der Waals surface area contributed by atoms with Crippen LogP contribution in [0.5, 0.6) is 0 Å². The Morgan fingerprint density at radius 3 is 3.12 bits per heavy atom. The second-order valence-electron chi connectivity index (χ2n) is 4.84. The van der Waals surface area contributed by atoms with Crippen LogP contribution < -0.4 is 5.73 Å². The van der Waals surface area contributed by atoms with Crippen LogP contribution in [0.2, 0.25) is 0 Å². The summed E-state index contributed by atoms with van der Waals surface area (Å²) in [5.74, 6) is 0.508. The normalized spacial score (nSPS) is 22.1. The first-order chi connectivity index (χ1) is 7.68. The first kappa shape index (κ1) is 12.1. The molecule has 1 aliphatic carbocycles. The molecule has 1 aliphatic rings. The highest BCUT2D eigenvalue weighted by Gasteiger charge is 2.26. The third-order valence-corrected chi connectivity index (χ3v) is 4.23. The minimum Gasteiger partial charge on any atom is -0.377 e. The van der Waals surface area contributed by atoms with Crippen molar-refractivity contribution in [3.05, 3.63) is 21.9 Å². The fraction of sp³-hybridized carbons (Fsp3) is 0.692. The summed E-state index contributed by atoms with van der Waals surface area (Å²) in [6, 6.07) is 2.40. The van der Waals surface area contributed by atoms with E-state index in [0.29, 0.717) is 12.5 Å². The fourth-order valence-corrected chi connectivity index (χ4v) is 3.38. The summed E-state index contributed by atoms with van der Waals surface area (Å²) in [6.45, 7) is 4.80. The molecule has 2 nitrogen and oxygen atoms in total. The van der Waals surface area contributed by atoms with Crippen LogP contribution in [-0.2, 0) is 11.2 Å². The predicted molar refractivity (Wildman–Crippen MR) is 69.1 cm³/mol. The van der Waals surface area contributed by atoms with Gasteiger partial charge in [-0.25, -0.2) is 0 Å². The Labute approximate surface area is 102 Å². The summed E-state index contributed by atoms with van der Waals surface area (Å²) in [4.78, 5) is 1.54. The lowest BCUT2D eigenvalue weighted by Gasteiger charge is -2.28. The van der Waals surface area contributed by atoms with Crippen LogP contribution in [0.1, 0.15) is 43.0 Å². The lowest BCUT2D eigenvalue weighted by molar-refractivity contribution is 0.0623. The lowest BCUT2D eigenvalue weighted by Crippen LogP contribution is -2.35. The van der Waals surface area contributed by atoms with Crippen LogP contribution in [0, 0.1) is 0 Å². The second kappa shape index (κ2) is 5.30. The Hall–Kier alpha value is -0.380. The molecule has 2 atom stereocenters. The van der Waals surface area contributed by atoms with Crippen LogP contribution in [0.25, 0.3) is 0 Å². The maximum atomic E-state index is 6.25. The van der Waals surface area contributed by atoms with Crippen molar-refractivity contribution in [3.8, 4) is 0 Å². The third-order valence-electron chi connectivity index (χ3n) is 3.24. The van der Waals surface area contributed by atoms with Crippen molar-refractivity contribution >= 4 is 11.3 Å². The molecule has 0 aliphatic heterocycles. The van der Waals surface area contributed by atoms with Crippen molar-refractivity contribution < 1.29 is 4.74 Å². The van der Waals surface area contributed by atoms with E-state index in [-0.39, 0.29) is 12.1 Å². The summed E-state index contributed by atoms with van der Waals surface area (Å²) in [5.41, 5.74) is 7.73. The standard InChI is InChI=1S/C13H21NOS/c1-9(2)15-8-12(14)10-4-3-5-13-11(10)6-7-16-13/h6-7,9-10,12H,3-5,8,14H2,1-2H3. The lowest BCUT2D eigenvalue weighted by atomic mass is 9.83. The molecular formula is C13H21NOS. The zero-order valence-corrected chi connectivity index (χ0v) is 10.9. The van der Waals surface area contributed by atoms with E-state index in [1.807, 2.05) is 11.3 Å². The van der Waals surface area contributed by atoms with Crippen LogP contribution in [-0.4, -0.2) is 18.8 Å². The van der Waals surface area contributed by atoms with Gasteiger partial charge in [-0.1, -0.05) is 0 Å². The van der Waals surface area contributed by atoms with Crippen molar-refractivity contribution in [2.45, 2.75) is 51.2 Å². The van der Waals surface area contributed by atoms with Gasteiger partial charge in [0.2, 0.25) is 0 Å². The van der Waals surface area contributed by atoms with Gasteiger partial charge in [0.25, 0.3) is 0 Å². The van der Waals surface area contributed by atoms with Gasteiger partial charge in [-0.3, -0.25) is 0 Å². The molecule has 0 amide bonds. The fourth-order valence-electron chi connectivity index (χ4n) is 2.39. The summed E-state index contributed by atoms with van der Waals surface area (Å²) in [5, 5.41) is 2.19. The minimum atomic E-state index is 0.149. The largest absolute Gasteiger partial charge is 0.377 e. The molecular weight excluding hydrogens is 218 g/mol. The predicted octanol–water partition coefficient (Wildman–Crippen LogP) is 2.92. The number of rotatable bonds is 4. The molecule has 0 bridgehead atoms. The van der Waals surface area contributed by atoms with Gasteiger partial charge in [0.15, 0.2) is 0 Å². The molecule has 0 radical (unpaired) electrons. The van der Waals surface area contributed by atoms with E-state index < -0.39 is 0 Å². The molecule has 1 heterocycles. The SMILES string of the molecule is CC(C)OCC(N)C1CCCc2sccc21. The van der Waals surface area contributed by atoms with Crippen molar-refractivity contribution in [1.82, 2.24) is 0 Å². The van der Waals surface area contributed by atoms with Gasteiger partial charge in [0, 0.05) is 16.8 Å². The molecule has 16 heavy (non-hydrogen) atoms. The van der Waals surface area contributed by atoms with Crippen LogP contribution in [0.4, 0.5) is 0 Å². The summed E-state index contributed by atoms with van der Waals surface area (Å²) < 4.78 is 5.63. The first-order valence-electron chi connectivity index (χ1n) is 6.12. The average molecular weight is 239 g/mol. The van der Waals surface area contributed by atoms with Crippen molar-refractivity contribution in [2.24, 2.45) is 5.73 Å². The van der Waals surface area contributed by atoms with Gasteiger partial charge in [-0.2, -0.15) is 0 Å². The highest BCUT2D eigenvalue weighted by atomic mass is 32.1. The zero-order chi connectivity index (χ0) is 11.5. The number of hydrogen-bond donors (Lipinski definition) is 1. The number of thiophene rings is 1. The van der Waals surface area contributed by atoms with Gasteiger partial charge >= 0.3 is 0 Å². The summed E-state index contributed by atoms with van der Waals surface area (Å²) in [7, 11) is 0. The Kier molecular flexibility index (Phi) is 4.00. The minimum absolute atomic E-state index is 0.149. The Balaban J connectivity index is 2.00. The molecule has 1 aromatic heterocycles. The Bertz CT molecular complexity index is 334. The maximum Gasteiger partial charge on any atom is 0.0626 e. The molecule has 0 saturated carbocycles.